The molecule has 7 heteroatoms. The highest BCUT2D eigenvalue weighted by molar-refractivity contribution is 5.94. The third-order valence-corrected chi connectivity index (χ3v) is 5.81. The lowest BCUT2D eigenvalue weighted by Gasteiger charge is -2.20. The number of carbonyl (C=O) groups is 1. The lowest BCUT2D eigenvalue weighted by Crippen LogP contribution is -2.29. The second-order valence-corrected chi connectivity index (χ2v) is 8.44. The van der Waals surface area contributed by atoms with E-state index in [0.717, 1.165) is 37.3 Å². The highest BCUT2D eigenvalue weighted by atomic mass is 19.1. The molecule has 0 fully saturated rings. The van der Waals surface area contributed by atoms with Crippen LogP contribution in [0.1, 0.15) is 29.3 Å². The number of nitrogens with zero attached hydrogens (tertiary/aromatic N) is 3. The minimum absolute atomic E-state index is 0.0895. The maximum atomic E-state index is 13.2. The Hall–Kier alpha value is -4.10. The lowest BCUT2D eigenvalue weighted by molar-refractivity contribution is 0.0951. The number of amides is 1. The van der Waals surface area contributed by atoms with Crippen molar-refractivity contribution in [3.8, 4) is 11.4 Å². The summed E-state index contributed by atoms with van der Waals surface area (Å²) in [5, 5.41) is 6.23. The molecular formula is C29H30FN5O. The Morgan fingerprint density at radius 1 is 0.944 bits per heavy atom. The highest BCUT2D eigenvalue weighted by Gasteiger charge is 2.08. The average Bonchev–Trinajstić information content (AvgIpc) is 2.92. The molecule has 6 nitrogen and oxygen atoms in total. The number of hydrogen-bond donors (Lipinski definition) is 2. The van der Waals surface area contributed by atoms with Crippen molar-refractivity contribution in [3.63, 3.8) is 0 Å². The summed E-state index contributed by atoms with van der Waals surface area (Å²) in [6, 6.07) is 25.5. The molecule has 184 valence electrons. The standard InChI is InChI=1S/C29H30FN5O/c1-2-35(21-22-7-4-3-5-8-22)20-6-18-32-29(36)24-11-15-26(16-12-24)33-27-17-19-31-28(34-27)23-9-13-25(30)14-10-23/h3-5,7-17,19H,2,6,18,20-21H2,1H3,(H,32,36)(H,31,33,34). The normalized spacial score (nSPS) is 10.9. The lowest BCUT2D eigenvalue weighted by atomic mass is 10.2. The number of rotatable bonds is 11. The molecule has 0 aliphatic rings. The third kappa shape index (κ3) is 7.20. The Balaban J connectivity index is 1.25. The Bertz CT molecular complexity index is 1250. The van der Waals surface area contributed by atoms with Gasteiger partial charge in [0.05, 0.1) is 0 Å². The average molecular weight is 484 g/mol. The van der Waals surface area contributed by atoms with Crippen molar-refractivity contribution in [1.29, 1.82) is 0 Å². The van der Waals surface area contributed by atoms with Crippen LogP contribution in [0.4, 0.5) is 15.9 Å². The van der Waals surface area contributed by atoms with Crippen molar-refractivity contribution in [2.75, 3.05) is 25.0 Å². The first-order chi connectivity index (χ1) is 17.6. The van der Waals surface area contributed by atoms with Gasteiger partial charge in [0.1, 0.15) is 11.6 Å². The molecule has 0 aliphatic carbocycles. The van der Waals surface area contributed by atoms with E-state index in [1.165, 1.54) is 17.7 Å². The predicted molar refractivity (Wildman–Crippen MR) is 141 cm³/mol. The van der Waals surface area contributed by atoms with Crippen LogP contribution >= 0.6 is 0 Å². The predicted octanol–water partition coefficient (Wildman–Crippen LogP) is 5.67. The summed E-state index contributed by atoms with van der Waals surface area (Å²) in [5.41, 5.74) is 3.43. The first-order valence-corrected chi connectivity index (χ1v) is 12.1. The molecule has 0 radical (unpaired) electrons. The van der Waals surface area contributed by atoms with E-state index in [2.05, 4.69) is 56.7 Å². The van der Waals surface area contributed by atoms with Gasteiger partial charge in [0.15, 0.2) is 5.82 Å². The molecule has 2 N–H and O–H groups in total. The van der Waals surface area contributed by atoms with Gasteiger partial charge in [-0.25, -0.2) is 14.4 Å². The van der Waals surface area contributed by atoms with Crippen LogP contribution in [0.2, 0.25) is 0 Å². The van der Waals surface area contributed by atoms with Gasteiger partial charge in [0, 0.05) is 42.6 Å². The van der Waals surface area contributed by atoms with Crippen LogP contribution in [0.3, 0.4) is 0 Å². The number of halogens is 1. The summed E-state index contributed by atoms with van der Waals surface area (Å²) in [4.78, 5) is 23.7. The van der Waals surface area contributed by atoms with Gasteiger partial charge in [0.2, 0.25) is 0 Å². The van der Waals surface area contributed by atoms with Crippen molar-refractivity contribution < 1.29 is 9.18 Å². The van der Waals surface area contributed by atoms with Crippen molar-refractivity contribution in [1.82, 2.24) is 20.2 Å². The molecule has 0 bridgehead atoms. The minimum atomic E-state index is -0.303. The fourth-order valence-corrected chi connectivity index (χ4v) is 3.82. The van der Waals surface area contributed by atoms with Gasteiger partial charge >= 0.3 is 0 Å². The van der Waals surface area contributed by atoms with E-state index in [4.69, 9.17) is 0 Å². The molecule has 0 saturated carbocycles. The molecular weight excluding hydrogens is 453 g/mol. The first kappa shape index (κ1) is 25.0. The van der Waals surface area contributed by atoms with Crippen molar-refractivity contribution in [3.05, 3.63) is 108 Å². The Labute approximate surface area is 211 Å². The van der Waals surface area contributed by atoms with Gasteiger partial charge in [-0.05, 0) is 73.1 Å². The smallest absolute Gasteiger partial charge is 0.251 e. The molecule has 0 spiro atoms. The number of nitrogens with one attached hydrogen (secondary N) is 2. The second-order valence-electron chi connectivity index (χ2n) is 8.44. The number of carbonyl (C=O) groups excluding carboxylic acids is 1. The summed E-state index contributed by atoms with van der Waals surface area (Å²) in [6.45, 7) is 5.58. The quantitative estimate of drug-likeness (QED) is 0.269. The molecule has 4 aromatic rings. The molecule has 3 aromatic carbocycles. The number of hydrogen-bond acceptors (Lipinski definition) is 5. The third-order valence-electron chi connectivity index (χ3n) is 5.81. The maximum absolute atomic E-state index is 13.2. The fraction of sp³-hybridized carbons (Fsp3) is 0.207. The molecule has 0 saturated heterocycles. The maximum Gasteiger partial charge on any atom is 0.251 e. The zero-order chi connectivity index (χ0) is 25.2. The highest BCUT2D eigenvalue weighted by Crippen LogP contribution is 2.20. The van der Waals surface area contributed by atoms with Gasteiger partial charge < -0.3 is 10.6 Å². The second kappa shape index (κ2) is 12.6. The number of anilines is 2. The number of aromatic nitrogens is 2. The summed E-state index contributed by atoms with van der Waals surface area (Å²) in [5.74, 6) is 0.718. The van der Waals surface area contributed by atoms with Crippen LogP contribution in [0.25, 0.3) is 11.4 Å². The summed E-state index contributed by atoms with van der Waals surface area (Å²) >= 11 is 0. The molecule has 36 heavy (non-hydrogen) atoms. The van der Waals surface area contributed by atoms with Gasteiger partial charge in [0.25, 0.3) is 5.91 Å². The van der Waals surface area contributed by atoms with Crippen LogP contribution in [0.5, 0.6) is 0 Å². The molecule has 1 aromatic heterocycles. The Kier molecular flexibility index (Phi) is 8.72. The van der Waals surface area contributed by atoms with E-state index >= 15 is 0 Å². The van der Waals surface area contributed by atoms with Crippen molar-refractivity contribution in [2.24, 2.45) is 0 Å². The van der Waals surface area contributed by atoms with Crippen molar-refractivity contribution in [2.45, 2.75) is 19.9 Å². The summed E-state index contributed by atoms with van der Waals surface area (Å²) in [6.07, 6.45) is 2.53. The molecule has 0 unspecified atom stereocenters. The Morgan fingerprint density at radius 2 is 1.69 bits per heavy atom. The summed E-state index contributed by atoms with van der Waals surface area (Å²) < 4.78 is 13.2. The topological polar surface area (TPSA) is 70.2 Å². The van der Waals surface area contributed by atoms with E-state index in [-0.39, 0.29) is 11.7 Å². The molecule has 1 heterocycles. The largest absolute Gasteiger partial charge is 0.352 e. The van der Waals surface area contributed by atoms with Gasteiger partial charge in [-0.1, -0.05) is 37.3 Å². The van der Waals surface area contributed by atoms with E-state index in [9.17, 15) is 9.18 Å². The van der Waals surface area contributed by atoms with Gasteiger partial charge in [-0.2, -0.15) is 0 Å². The Morgan fingerprint density at radius 3 is 2.42 bits per heavy atom. The summed E-state index contributed by atoms with van der Waals surface area (Å²) in [7, 11) is 0. The zero-order valence-corrected chi connectivity index (χ0v) is 20.3. The van der Waals surface area contributed by atoms with E-state index in [1.807, 2.05) is 18.2 Å². The van der Waals surface area contributed by atoms with Gasteiger partial charge in [-0.15, -0.1) is 0 Å². The number of benzene rings is 3. The van der Waals surface area contributed by atoms with E-state index in [0.29, 0.717) is 23.8 Å². The van der Waals surface area contributed by atoms with Crippen LogP contribution < -0.4 is 10.6 Å². The molecule has 4 rings (SSSR count). The molecule has 0 aliphatic heterocycles. The van der Waals surface area contributed by atoms with E-state index in [1.54, 1.807) is 36.5 Å². The van der Waals surface area contributed by atoms with E-state index < -0.39 is 0 Å². The zero-order valence-electron chi connectivity index (χ0n) is 20.3. The van der Waals surface area contributed by atoms with Crippen LogP contribution in [-0.4, -0.2) is 40.4 Å². The SMILES string of the molecule is CCN(CCCNC(=O)c1ccc(Nc2ccnc(-c3ccc(F)cc3)n2)cc1)Cc1ccccc1. The minimum Gasteiger partial charge on any atom is -0.352 e. The monoisotopic (exact) mass is 483 g/mol. The first-order valence-electron chi connectivity index (χ1n) is 12.1. The van der Waals surface area contributed by atoms with Crippen LogP contribution in [0, 0.1) is 5.82 Å². The van der Waals surface area contributed by atoms with Crippen LogP contribution in [-0.2, 0) is 6.54 Å². The fourth-order valence-electron chi connectivity index (χ4n) is 3.82. The molecule has 0 atom stereocenters. The van der Waals surface area contributed by atoms with Crippen molar-refractivity contribution >= 4 is 17.4 Å². The molecule has 1 amide bonds. The van der Waals surface area contributed by atoms with Gasteiger partial charge in [-0.3, -0.25) is 9.69 Å². The van der Waals surface area contributed by atoms with Crippen LogP contribution in [0.15, 0.2) is 91.1 Å².